The molecule has 0 unspecified atom stereocenters. The van der Waals surface area contributed by atoms with Crippen LogP contribution in [0.1, 0.15) is 12.8 Å². The minimum Gasteiger partial charge on any atom is -0.482 e. The number of ether oxygens (including phenoxy) is 1. The van der Waals surface area contributed by atoms with Gasteiger partial charge >= 0.3 is 0 Å². The molecule has 1 aliphatic rings. The molecule has 28 heavy (non-hydrogen) atoms. The van der Waals surface area contributed by atoms with Crippen LogP contribution in [0, 0.1) is 0 Å². The van der Waals surface area contributed by atoms with Crippen LogP contribution in [0.3, 0.4) is 0 Å². The van der Waals surface area contributed by atoms with Crippen LogP contribution in [0.4, 0.5) is 5.69 Å². The minimum absolute atomic E-state index is 0.0746. The Morgan fingerprint density at radius 1 is 1.21 bits per heavy atom. The van der Waals surface area contributed by atoms with Crippen LogP contribution in [0.2, 0.25) is 5.02 Å². The van der Waals surface area contributed by atoms with Gasteiger partial charge in [0.2, 0.25) is 0 Å². The summed E-state index contributed by atoms with van der Waals surface area (Å²) < 4.78 is 34.1. The highest BCUT2D eigenvalue weighted by atomic mass is 35.5. The fraction of sp³-hybridized carbons (Fsp3) is 0.263. The van der Waals surface area contributed by atoms with Gasteiger partial charge in [-0.1, -0.05) is 23.7 Å². The van der Waals surface area contributed by atoms with Gasteiger partial charge in [0, 0.05) is 25.7 Å². The maximum absolute atomic E-state index is 12.4. The topological polar surface area (TPSA) is 88.1 Å². The van der Waals surface area contributed by atoms with E-state index in [1.54, 1.807) is 24.3 Å². The quantitative estimate of drug-likeness (QED) is 0.773. The Morgan fingerprint density at radius 3 is 2.57 bits per heavy atom. The molecule has 3 rings (SSSR count). The van der Waals surface area contributed by atoms with E-state index in [0.717, 1.165) is 13.0 Å². The smallest absolute Gasteiger partial charge is 0.283 e. The number of anilines is 1. The molecular formula is C19H20ClN3O4S. The number of nitrogens with zero attached hydrogens (tertiary/aromatic N) is 2. The lowest BCUT2D eigenvalue weighted by Crippen LogP contribution is -2.21. The monoisotopic (exact) mass is 421 g/mol. The van der Waals surface area contributed by atoms with Gasteiger partial charge in [0.25, 0.3) is 15.9 Å². The molecule has 0 bridgehead atoms. The molecule has 0 saturated carbocycles. The van der Waals surface area contributed by atoms with Gasteiger partial charge < -0.3 is 15.0 Å². The first-order chi connectivity index (χ1) is 13.3. The van der Waals surface area contributed by atoms with E-state index in [2.05, 4.69) is 9.71 Å². The van der Waals surface area contributed by atoms with Crippen LogP contribution in [0.25, 0.3) is 0 Å². The lowest BCUT2D eigenvalue weighted by molar-refractivity contribution is -0.118. The van der Waals surface area contributed by atoms with E-state index in [9.17, 15) is 13.2 Å². The number of amides is 1. The summed E-state index contributed by atoms with van der Waals surface area (Å²) in [6.45, 7) is 0.583. The number of hydrogen-bond acceptors (Lipinski definition) is 4. The Hall–Kier alpha value is -2.58. The van der Waals surface area contributed by atoms with Crippen LogP contribution in [0.5, 0.6) is 5.75 Å². The first kappa shape index (κ1) is 20.2. The first-order valence-corrected chi connectivity index (χ1v) is 10.5. The van der Waals surface area contributed by atoms with Crippen LogP contribution in [-0.2, 0) is 14.8 Å². The van der Waals surface area contributed by atoms with E-state index in [1.807, 2.05) is 11.9 Å². The molecule has 0 atom stereocenters. The number of carbonyl (C=O) groups excluding carboxylic acids is 1. The van der Waals surface area contributed by atoms with E-state index in [1.165, 1.54) is 24.3 Å². The van der Waals surface area contributed by atoms with Gasteiger partial charge in [-0.2, -0.15) is 8.42 Å². The molecule has 2 aromatic rings. The average Bonchev–Trinajstić information content (AvgIpc) is 3.05. The zero-order valence-electron chi connectivity index (χ0n) is 15.3. The molecule has 0 radical (unpaired) electrons. The number of sulfonamides is 1. The standard InChI is InChI=1S/C19H20ClN3O4S/c1-23-12-4-7-18(23)22-28(25,26)15-10-8-14(9-11-15)21-19(24)13-27-17-6-3-2-5-16(17)20/h2-3,5-6,8-11H,4,7,12-13H2,1H3,(H,21,24)/b22-18+. The Labute approximate surface area is 169 Å². The largest absolute Gasteiger partial charge is 0.482 e. The maximum atomic E-state index is 12.4. The second-order valence-electron chi connectivity index (χ2n) is 6.30. The third-order valence-corrected chi connectivity index (χ3v) is 5.82. The number of likely N-dealkylation sites (tertiary alicyclic amines) is 1. The van der Waals surface area contributed by atoms with E-state index in [4.69, 9.17) is 16.3 Å². The summed E-state index contributed by atoms with van der Waals surface area (Å²) in [5.74, 6) is 0.592. The normalized spacial score (nSPS) is 15.6. The summed E-state index contributed by atoms with van der Waals surface area (Å²) in [5.41, 5.74) is 0.456. The zero-order chi connectivity index (χ0) is 20.1. The summed E-state index contributed by atoms with van der Waals surface area (Å²) in [4.78, 5) is 13.9. The van der Waals surface area contributed by atoms with Crippen molar-refractivity contribution < 1.29 is 17.9 Å². The third kappa shape index (κ3) is 5.02. The van der Waals surface area contributed by atoms with Crippen molar-refractivity contribution in [3.63, 3.8) is 0 Å². The SMILES string of the molecule is CN1CCC/C1=N\S(=O)(=O)c1ccc(NC(=O)COc2ccccc2Cl)cc1. The van der Waals surface area contributed by atoms with Gasteiger partial charge in [0.15, 0.2) is 6.61 Å². The Kier molecular flexibility index (Phi) is 6.21. The number of benzene rings is 2. The average molecular weight is 422 g/mol. The van der Waals surface area contributed by atoms with Gasteiger partial charge in [-0.25, -0.2) is 0 Å². The Morgan fingerprint density at radius 2 is 1.93 bits per heavy atom. The molecular weight excluding hydrogens is 402 g/mol. The van der Waals surface area contributed by atoms with Crippen LogP contribution >= 0.6 is 11.6 Å². The lowest BCUT2D eigenvalue weighted by Gasteiger charge is -2.11. The molecule has 9 heteroatoms. The molecule has 2 aromatic carbocycles. The number of nitrogens with one attached hydrogen (secondary N) is 1. The second kappa shape index (κ2) is 8.62. The summed E-state index contributed by atoms with van der Waals surface area (Å²) in [5, 5.41) is 3.06. The fourth-order valence-corrected chi connectivity index (χ4v) is 4.00. The van der Waals surface area contributed by atoms with Gasteiger partial charge in [0.05, 0.1) is 9.92 Å². The lowest BCUT2D eigenvalue weighted by atomic mass is 10.3. The van der Waals surface area contributed by atoms with Crippen LogP contribution in [0.15, 0.2) is 57.8 Å². The van der Waals surface area contributed by atoms with E-state index < -0.39 is 10.0 Å². The van der Waals surface area contributed by atoms with E-state index in [0.29, 0.717) is 28.7 Å². The molecule has 1 amide bonds. The van der Waals surface area contributed by atoms with Crippen molar-refractivity contribution in [3.05, 3.63) is 53.6 Å². The molecule has 1 heterocycles. The Bertz CT molecular complexity index is 990. The molecule has 7 nitrogen and oxygen atoms in total. The first-order valence-electron chi connectivity index (χ1n) is 8.67. The predicted molar refractivity (Wildman–Crippen MR) is 109 cm³/mol. The van der Waals surface area contributed by atoms with Gasteiger partial charge in [-0.15, -0.1) is 4.40 Å². The number of carbonyl (C=O) groups is 1. The highest BCUT2D eigenvalue weighted by Gasteiger charge is 2.20. The minimum atomic E-state index is -3.78. The molecule has 1 N–H and O–H groups in total. The van der Waals surface area contributed by atoms with Gasteiger partial charge in [0.1, 0.15) is 11.6 Å². The van der Waals surface area contributed by atoms with Crippen molar-refractivity contribution in [3.8, 4) is 5.75 Å². The number of para-hydroxylation sites is 1. The van der Waals surface area contributed by atoms with E-state index in [-0.39, 0.29) is 17.4 Å². The summed E-state index contributed by atoms with van der Waals surface area (Å²) in [6, 6.07) is 12.7. The fourth-order valence-electron chi connectivity index (χ4n) is 2.71. The van der Waals surface area contributed by atoms with E-state index >= 15 is 0 Å². The maximum Gasteiger partial charge on any atom is 0.283 e. The number of rotatable bonds is 6. The molecule has 1 aliphatic heterocycles. The van der Waals surface area contributed by atoms with Crippen LogP contribution in [-0.4, -0.2) is 45.3 Å². The van der Waals surface area contributed by atoms with Crippen molar-refractivity contribution >= 4 is 39.1 Å². The zero-order valence-corrected chi connectivity index (χ0v) is 16.8. The van der Waals surface area contributed by atoms with Crippen LogP contribution < -0.4 is 10.1 Å². The summed E-state index contributed by atoms with van der Waals surface area (Å²) >= 11 is 5.97. The molecule has 148 valence electrons. The number of amidine groups is 1. The second-order valence-corrected chi connectivity index (χ2v) is 8.31. The van der Waals surface area contributed by atoms with Crippen molar-refractivity contribution in [1.82, 2.24) is 4.90 Å². The predicted octanol–water partition coefficient (Wildman–Crippen LogP) is 3.17. The van der Waals surface area contributed by atoms with Crippen molar-refractivity contribution in [1.29, 1.82) is 0 Å². The number of halogens is 1. The highest BCUT2D eigenvalue weighted by molar-refractivity contribution is 7.90. The van der Waals surface area contributed by atoms with Gasteiger partial charge in [-0.05, 0) is 42.8 Å². The molecule has 0 spiro atoms. The van der Waals surface area contributed by atoms with Crippen molar-refractivity contribution in [2.75, 3.05) is 25.5 Å². The van der Waals surface area contributed by atoms with Crippen molar-refractivity contribution in [2.45, 2.75) is 17.7 Å². The number of hydrogen-bond donors (Lipinski definition) is 1. The molecule has 1 saturated heterocycles. The highest BCUT2D eigenvalue weighted by Crippen LogP contribution is 2.23. The summed E-state index contributed by atoms with van der Waals surface area (Å²) in [7, 11) is -1.95. The Balaban J connectivity index is 1.61. The molecule has 0 aromatic heterocycles. The third-order valence-electron chi connectivity index (χ3n) is 4.19. The summed E-state index contributed by atoms with van der Waals surface area (Å²) in [6.07, 6.45) is 1.54. The van der Waals surface area contributed by atoms with Crippen molar-refractivity contribution in [2.24, 2.45) is 4.40 Å². The molecule has 0 aliphatic carbocycles. The van der Waals surface area contributed by atoms with Gasteiger partial charge in [-0.3, -0.25) is 4.79 Å². The molecule has 1 fully saturated rings.